The predicted molar refractivity (Wildman–Crippen MR) is 58.9 cm³/mol. The molecular formula is C11H11NS. The first-order valence-corrected chi connectivity index (χ1v) is 5.05. The van der Waals surface area contributed by atoms with Crippen LogP contribution in [0.2, 0.25) is 0 Å². The van der Waals surface area contributed by atoms with Crippen molar-refractivity contribution in [1.82, 2.24) is 0 Å². The summed E-state index contributed by atoms with van der Waals surface area (Å²) in [5.74, 6) is 0. The molecule has 0 aliphatic carbocycles. The highest BCUT2D eigenvalue weighted by atomic mass is 32.1. The average Bonchev–Trinajstić information content (AvgIpc) is 2.53. The third kappa shape index (κ3) is 1.58. The SMILES string of the molecule is Cc1cc(-c2ccccc2N)cs1. The number of nitrogens with two attached hydrogens (primary N) is 1. The van der Waals surface area contributed by atoms with Crippen LogP contribution in [0.25, 0.3) is 11.1 Å². The number of benzene rings is 1. The number of rotatable bonds is 1. The summed E-state index contributed by atoms with van der Waals surface area (Å²) in [5.41, 5.74) is 9.07. The maximum atomic E-state index is 5.87. The van der Waals surface area contributed by atoms with Crippen LogP contribution >= 0.6 is 11.3 Å². The van der Waals surface area contributed by atoms with Gasteiger partial charge < -0.3 is 5.73 Å². The average molecular weight is 189 g/mol. The Morgan fingerprint density at radius 1 is 1.23 bits per heavy atom. The third-order valence-electron chi connectivity index (χ3n) is 2.00. The molecule has 0 unspecified atom stereocenters. The van der Waals surface area contributed by atoms with Crippen LogP contribution in [-0.4, -0.2) is 0 Å². The molecule has 0 spiro atoms. The molecule has 1 nitrogen and oxygen atoms in total. The van der Waals surface area contributed by atoms with E-state index in [0.29, 0.717) is 0 Å². The van der Waals surface area contributed by atoms with E-state index in [0.717, 1.165) is 11.3 Å². The van der Waals surface area contributed by atoms with Crippen molar-refractivity contribution >= 4 is 17.0 Å². The minimum absolute atomic E-state index is 0.848. The molecular weight excluding hydrogens is 178 g/mol. The summed E-state index contributed by atoms with van der Waals surface area (Å²) < 4.78 is 0. The number of aryl methyl sites for hydroxylation is 1. The molecule has 0 fully saturated rings. The van der Waals surface area contributed by atoms with Gasteiger partial charge in [0.2, 0.25) is 0 Å². The summed E-state index contributed by atoms with van der Waals surface area (Å²) in [6.07, 6.45) is 0. The lowest BCUT2D eigenvalue weighted by Crippen LogP contribution is -1.87. The van der Waals surface area contributed by atoms with Gasteiger partial charge in [-0.3, -0.25) is 0 Å². The normalized spacial score (nSPS) is 10.2. The van der Waals surface area contributed by atoms with Gasteiger partial charge in [-0.25, -0.2) is 0 Å². The Bertz CT molecular complexity index is 418. The van der Waals surface area contributed by atoms with Gasteiger partial charge in [0.05, 0.1) is 0 Å². The van der Waals surface area contributed by atoms with Crippen molar-refractivity contribution in [2.45, 2.75) is 6.92 Å². The van der Waals surface area contributed by atoms with E-state index in [1.54, 1.807) is 11.3 Å². The molecule has 0 bridgehead atoms. The molecule has 0 atom stereocenters. The Morgan fingerprint density at radius 3 is 2.62 bits per heavy atom. The molecule has 0 radical (unpaired) electrons. The number of hydrogen-bond acceptors (Lipinski definition) is 2. The molecule has 2 heteroatoms. The van der Waals surface area contributed by atoms with E-state index >= 15 is 0 Å². The van der Waals surface area contributed by atoms with Gasteiger partial charge in [-0.05, 0) is 30.0 Å². The second-order valence-corrected chi connectivity index (χ2v) is 4.15. The maximum Gasteiger partial charge on any atom is 0.0394 e. The predicted octanol–water partition coefficient (Wildman–Crippen LogP) is 3.31. The fraction of sp³-hybridized carbons (Fsp3) is 0.0909. The van der Waals surface area contributed by atoms with Crippen LogP contribution in [0.1, 0.15) is 4.88 Å². The van der Waals surface area contributed by atoms with Gasteiger partial charge in [-0.2, -0.15) is 0 Å². The van der Waals surface area contributed by atoms with Crippen molar-refractivity contribution in [3.8, 4) is 11.1 Å². The standard InChI is InChI=1S/C11H11NS/c1-8-6-9(7-13-8)10-4-2-3-5-11(10)12/h2-7H,12H2,1H3. The van der Waals surface area contributed by atoms with E-state index < -0.39 is 0 Å². The van der Waals surface area contributed by atoms with Crippen molar-refractivity contribution in [1.29, 1.82) is 0 Å². The van der Waals surface area contributed by atoms with Gasteiger partial charge >= 0.3 is 0 Å². The van der Waals surface area contributed by atoms with E-state index in [9.17, 15) is 0 Å². The Balaban J connectivity index is 2.52. The number of anilines is 1. The Labute approximate surface area is 81.8 Å². The van der Waals surface area contributed by atoms with Crippen molar-refractivity contribution in [2.75, 3.05) is 5.73 Å². The number of para-hydroxylation sites is 1. The lowest BCUT2D eigenvalue weighted by molar-refractivity contribution is 1.61. The van der Waals surface area contributed by atoms with E-state index in [1.807, 2.05) is 18.2 Å². The van der Waals surface area contributed by atoms with Crippen molar-refractivity contribution in [2.24, 2.45) is 0 Å². The first-order chi connectivity index (χ1) is 6.27. The second kappa shape index (κ2) is 3.23. The minimum Gasteiger partial charge on any atom is -0.398 e. The Hall–Kier alpha value is -1.28. The van der Waals surface area contributed by atoms with Crippen molar-refractivity contribution < 1.29 is 0 Å². The van der Waals surface area contributed by atoms with Gasteiger partial charge in [0.1, 0.15) is 0 Å². The first-order valence-electron chi connectivity index (χ1n) is 4.17. The fourth-order valence-corrected chi connectivity index (χ4v) is 2.05. The van der Waals surface area contributed by atoms with Crippen LogP contribution in [0.5, 0.6) is 0 Å². The molecule has 0 saturated carbocycles. The maximum absolute atomic E-state index is 5.87. The van der Waals surface area contributed by atoms with Crippen LogP contribution in [0.4, 0.5) is 5.69 Å². The molecule has 2 aromatic rings. The van der Waals surface area contributed by atoms with Crippen molar-refractivity contribution in [3.63, 3.8) is 0 Å². The molecule has 0 aliphatic heterocycles. The quantitative estimate of drug-likeness (QED) is 0.684. The molecule has 1 aromatic carbocycles. The number of hydrogen-bond donors (Lipinski definition) is 1. The van der Waals surface area contributed by atoms with Crippen molar-refractivity contribution in [3.05, 3.63) is 40.6 Å². The summed E-state index contributed by atoms with van der Waals surface area (Å²) in [6, 6.07) is 10.1. The van der Waals surface area contributed by atoms with Crippen LogP contribution < -0.4 is 5.73 Å². The van der Waals surface area contributed by atoms with Gasteiger partial charge in [0.25, 0.3) is 0 Å². The van der Waals surface area contributed by atoms with E-state index in [1.165, 1.54) is 10.4 Å². The smallest absolute Gasteiger partial charge is 0.0394 e. The first kappa shape index (κ1) is 8.32. The summed E-state index contributed by atoms with van der Waals surface area (Å²) in [6.45, 7) is 2.10. The minimum atomic E-state index is 0.848. The molecule has 2 rings (SSSR count). The fourth-order valence-electron chi connectivity index (χ4n) is 1.34. The van der Waals surface area contributed by atoms with Crippen LogP contribution in [0, 0.1) is 6.92 Å². The topological polar surface area (TPSA) is 26.0 Å². The van der Waals surface area contributed by atoms with E-state index in [2.05, 4.69) is 24.4 Å². The summed E-state index contributed by atoms with van der Waals surface area (Å²) in [7, 11) is 0. The van der Waals surface area contributed by atoms with Crippen LogP contribution in [0.15, 0.2) is 35.7 Å². The van der Waals surface area contributed by atoms with Gasteiger partial charge in [-0.15, -0.1) is 11.3 Å². The lowest BCUT2D eigenvalue weighted by atomic mass is 10.1. The zero-order valence-electron chi connectivity index (χ0n) is 7.45. The summed E-state index contributed by atoms with van der Waals surface area (Å²) in [5, 5.41) is 2.14. The molecule has 0 saturated heterocycles. The molecule has 0 amide bonds. The van der Waals surface area contributed by atoms with E-state index in [4.69, 9.17) is 5.73 Å². The number of nitrogen functional groups attached to an aromatic ring is 1. The zero-order valence-corrected chi connectivity index (χ0v) is 8.27. The van der Waals surface area contributed by atoms with Crippen LogP contribution in [0.3, 0.4) is 0 Å². The zero-order chi connectivity index (χ0) is 9.26. The molecule has 1 heterocycles. The Morgan fingerprint density at radius 2 is 2.00 bits per heavy atom. The summed E-state index contributed by atoms with van der Waals surface area (Å²) >= 11 is 1.75. The molecule has 66 valence electrons. The summed E-state index contributed by atoms with van der Waals surface area (Å²) in [4.78, 5) is 1.32. The largest absolute Gasteiger partial charge is 0.398 e. The lowest BCUT2D eigenvalue weighted by Gasteiger charge is -2.01. The monoisotopic (exact) mass is 189 g/mol. The van der Waals surface area contributed by atoms with E-state index in [-0.39, 0.29) is 0 Å². The molecule has 2 N–H and O–H groups in total. The molecule has 0 aliphatic rings. The highest BCUT2D eigenvalue weighted by molar-refractivity contribution is 7.10. The highest BCUT2D eigenvalue weighted by Gasteiger charge is 2.02. The molecule has 1 aromatic heterocycles. The third-order valence-corrected chi connectivity index (χ3v) is 2.86. The van der Waals surface area contributed by atoms with Gasteiger partial charge in [-0.1, -0.05) is 18.2 Å². The van der Waals surface area contributed by atoms with Crippen LogP contribution in [-0.2, 0) is 0 Å². The highest BCUT2D eigenvalue weighted by Crippen LogP contribution is 2.29. The second-order valence-electron chi connectivity index (χ2n) is 3.03. The van der Waals surface area contributed by atoms with Gasteiger partial charge in [0, 0.05) is 16.1 Å². The molecule has 13 heavy (non-hydrogen) atoms. The van der Waals surface area contributed by atoms with Gasteiger partial charge in [0.15, 0.2) is 0 Å². The number of thiophene rings is 1. The Kier molecular flexibility index (Phi) is 2.07.